The van der Waals surface area contributed by atoms with Crippen LogP contribution in [0.5, 0.6) is 0 Å². The van der Waals surface area contributed by atoms with Crippen LogP contribution in [-0.2, 0) is 0 Å². The van der Waals surface area contributed by atoms with E-state index in [9.17, 15) is 0 Å². The predicted octanol–water partition coefficient (Wildman–Crippen LogP) is 3.14. The number of nitrogens with zero attached hydrogens (tertiary/aromatic N) is 4. The molecule has 0 atom stereocenters. The van der Waals surface area contributed by atoms with Gasteiger partial charge in [0.1, 0.15) is 5.76 Å². The lowest BCUT2D eigenvalue weighted by atomic mass is 10.2. The van der Waals surface area contributed by atoms with Gasteiger partial charge in [0.25, 0.3) is 0 Å². The number of rotatable bonds is 4. The molecule has 0 fully saturated rings. The quantitative estimate of drug-likeness (QED) is 0.593. The molecule has 3 heterocycles. The molecule has 0 bridgehead atoms. The molecule has 104 valence electrons. The summed E-state index contributed by atoms with van der Waals surface area (Å²) in [5, 5.41) is 11.2. The zero-order chi connectivity index (χ0) is 14.5. The lowest BCUT2D eigenvalue weighted by molar-refractivity contribution is 0.557. The highest BCUT2D eigenvalue weighted by Crippen LogP contribution is 2.15. The van der Waals surface area contributed by atoms with Gasteiger partial charge >= 0.3 is 0 Å². The van der Waals surface area contributed by atoms with Crippen molar-refractivity contribution in [1.82, 2.24) is 19.9 Å². The van der Waals surface area contributed by atoms with Gasteiger partial charge in [-0.1, -0.05) is 0 Å². The highest BCUT2D eigenvalue weighted by molar-refractivity contribution is 7.71. The summed E-state index contributed by atoms with van der Waals surface area (Å²) in [4.78, 5) is 3.98. The average Bonchev–Trinajstić information content (AvgIpc) is 3.15. The summed E-state index contributed by atoms with van der Waals surface area (Å²) >= 11 is 5.18. The van der Waals surface area contributed by atoms with Gasteiger partial charge in [0, 0.05) is 24.2 Å². The van der Waals surface area contributed by atoms with Gasteiger partial charge in [-0.25, -0.2) is 5.10 Å². The van der Waals surface area contributed by atoms with E-state index >= 15 is 0 Å². The molecule has 3 aromatic rings. The van der Waals surface area contributed by atoms with Crippen molar-refractivity contribution in [1.29, 1.82) is 0 Å². The first-order valence-corrected chi connectivity index (χ1v) is 6.58. The Bertz CT molecular complexity index is 815. The maximum Gasteiger partial charge on any atom is 0.216 e. The van der Waals surface area contributed by atoms with Crippen LogP contribution in [0.25, 0.3) is 17.5 Å². The molecular formula is C14H11N5OS. The fourth-order valence-electron chi connectivity index (χ4n) is 1.72. The fourth-order valence-corrected chi connectivity index (χ4v) is 1.90. The minimum absolute atomic E-state index is 0.421. The lowest BCUT2D eigenvalue weighted by Crippen LogP contribution is -1.93. The number of H-pyrrole nitrogens is 1. The van der Waals surface area contributed by atoms with Crippen molar-refractivity contribution in [3.05, 3.63) is 59.5 Å². The van der Waals surface area contributed by atoms with Crippen LogP contribution < -0.4 is 0 Å². The molecule has 21 heavy (non-hydrogen) atoms. The third kappa shape index (κ3) is 3.03. The second kappa shape index (κ2) is 6.10. The third-order valence-electron chi connectivity index (χ3n) is 2.66. The molecule has 0 amide bonds. The zero-order valence-corrected chi connectivity index (χ0v) is 11.7. The van der Waals surface area contributed by atoms with Gasteiger partial charge < -0.3 is 4.42 Å². The number of hydrogen-bond donors (Lipinski definition) is 1. The smallest absolute Gasteiger partial charge is 0.216 e. The largest absolute Gasteiger partial charge is 0.465 e. The molecule has 0 saturated heterocycles. The van der Waals surface area contributed by atoms with E-state index in [-0.39, 0.29) is 0 Å². The zero-order valence-electron chi connectivity index (χ0n) is 10.9. The molecule has 6 nitrogen and oxygen atoms in total. The molecule has 3 aromatic heterocycles. The Balaban J connectivity index is 1.86. The number of allylic oxidation sites excluding steroid dienone is 1. The number of nitrogens with one attached hydrogen (secondary N) is 1. The van der Waals surface area contributed by atoms with Crippen molar-refractivity contribution in [3.63, 3.8) is 0 Å². The first-order valence-electron chi connectivity index (χ1n) is 6.17. The van der Waals surface area contributed by atoms with Crippen LogP contribution in [0, 0.1) is 4.77 Å². The van der Waals surface area contributed by atoms with Crippen molar-refractivity contribution >= 4 is 24.5 Å². The van der Waals surface area contributed by atoms with E-state index in [0.717, 1.165) is 11.3 Å². The molecule has 0 aliphatic rings. The Morgan fingerprint density at radius 3 is 2.90 bits per heavy atom. The van der Waals surface area contributed by atoms with E-state index in [1.807, 2.05) is 24.3 Å². The average molecular weight is 297 g/mol. The van der Waals surface area contributed by atoms with Gasteiger partial charge in [-0.05, 0) is 48.6 Å². The minimum Gasteiger partial charge on any atom is -0.465 e. The summed E-state index contributed by atoms with van der Waals surface area (Å²) in [6.45, 7) is 0. The lowest BCUT2D eigenvalue weighted by Gasteiger charge is -1.98. The van der Waals surface area contributed by atoms with E-state index in [0.29, 0.717) is 10.6 Å². The van der Waals surface area contributed by atoms with Gasteiger partial charge in [0.05, 0.1) is 6.26 Å². The van der Waals surface area contributed by atoms with Gasteiger partial charge in [0.15, 0.2) is 5.82 Å². The molecule has 0 radical (unpaired) electrons. The van der Waals surface area contributed by atoms with E-state index in [4.69, 9.17) is 16.6 Å². The molecule has 3 rings (SSSR count). The summed E-state index contributed by atoms with van der Waals surface area (Å²) in [5.41, 5.74) is 0.879. The van der Waals surface area contributed by atoms with Crippen LogP contribution in [0.4, 0.5) is 0 Å². The normalized spacial score (nSPS) is 11.6. The topological polar surface area (TPSA) is 72.0 Å². The van der Waals surface area contributed by atoms with Crippen LogP contribution in [0.2, 0.25) is 0 Å². The molecule has 0 saturated carbocycles. The van der Waals surface area contributed by atoms with Gasteiger partial charge in [-0.15, -0.1) is 0 Å². The Morgan fingerprint density at radius 1 is 1.29 bits per heavy atom. The van der Waals surface area contributed by atoms with Crippen molar-refractivity contribution in [3.8, 4) is 11.4 Å². The minimum atomic E-state index is 0.421. The fraction of sp³-hybridized carbons (Fsp3) is 0. The molecular weight excluding hydrogens is 286 g/mol. The first-order chi connectivity index (χ1) is 10.3. The Hall–Kier alpha value is -2.80. The number of furan rings is 1. The second-order valence-corrected chi connectivity index (χ2v) is 4.43. The third-order valence-corrected chi connectivity index (χ3v) is 2.93. The molecule has 0 aromatic carbocycles. The Morgan fingerprint density at radius 2 is 2.14 bits per heavy atom. The van der Waals surface area contributed by atoms with Gasteiger partial charge in [-0.2, -0.15) is 14.9 Å². The number of pyridine rings is 1. The Labute approximate surface area is 125 Å². The monoisotopic (exact) mass is 297 g/mol. The molecule has 0 aliphatic carbocycles. The first kappa shape index (κ1) is 13.2. The summed E-state index contributed by atoms with van der Waals surface area (Å²) in [5.74, 6) is 1.39. The molecule has 0 aliphatic heterocycles. The van der Waals surface area contributed by atoms with Gasteiger partial charge in [0.2, 0.25) is 4.77 Å². The van der Waals surface area contributed by atoms with Crippen molar-refractivity contribution in [2.24, 2.45) is 5.10 Å². The van der Waals surface area contributed by atoms with Crippen LogP contribution in [0.3, 0.4) is 0 Å². The predicted molar refractivity (Wildman–Crippen MR) is 82.3 cm³/mol. The van der Waals surface area contributed by atoms with Crippen molar-refractivity contribution in [2.75, 3.05) is 0 Å². The summed E-state index contributed by atoms with van der Waals surface area (Å²) in [6, 6.07) is 7.37. The number of aromatic nitrogens is 4. The molecule has 0 unspecified atom stereocenters. The van der Waals surface area contributed by atoms with E-state index < -0.39 is 0 Å². The van der Waals surface area contributed by atoms with Gasteiger partial charge in [-0.3, -0.25) is 4.98 Å². The summed E-state index contributed by atoms with van der Waals surface area (Å²) in [7, 11) is 0. The van der Waals surface area contributed by atoms with E-state index in [1.54, 1.807) is 41.7 Å². The summed E-state index contributed by atoms with van der Waals surface area (Å²) < 4.78 is 7.16. The SMILES string of the molecule is S=c1[nH]nc(-c2ccncc2)n1/N=C/C=C/c1ccco1. The molecule has 1 N–H and O–H groups in total. The highest BCUT2D eigenvalue weighted by Gasteiger charge is 2.06. The van der Waals surface area contributed by atoms with Crippen molar-refractivity contribution < 1.29 is 4.42 Å². The highest BCUT2D eigenvalue weighted by atomic mass is 32.1. The van der Waals surface area contributed by atoms with Crippen LogP contribution >= 0.6 is 12.2 Å². The number of aromatic amines is 1. The standard InChI is InChI=1S/C14H11N5OS/c21-14-18-17-13(11-5-8-15-9-6-11)19(14)16-7-1-3-12-4-2-10-20-12/h1-10H,(H,18,21)/b3-1+,16-7+. The van der Waals surface area contributed by atoms with E-state index in [2.05, 4.69) is 20.3 Å². The van der Waals surface area contributed by atoms with Crippen LogP contribution in [0.15, 0.2) is 58.5 Å². The maximum atomic E-state index is 5.19. The Kier molecular flexibility index (Phi) is 3.83. The second-order valence-electron chi connectivity index (χ2n) is 4.04. The van der Waals surface area contributed by atoms with E-state index in [1.165, 1.54) is 0 Å². The number of hydrogen-bond acceptors (Lipinski definition) is 5. The van der Waals surface area contributed by atoms with Crippen LogP contribution in [-0.4, -0.2) is 26.1 Å². The maximum absolute atomic E-state index is 5.19. The summed E-state index contributed by atoms with van der Waals surface area (Å²) in [6.07, 6.45) is 10.2. The molecule has 0 spiro atoms. The molecule has 7 heteroatoms. The van der Waals surface area contributed by atoms with Crippen LogP contribution in [0.1, 0.15) is 5.76 Å². The van der Waals surface area contributed by atoms with Crippen molar-refractivity contribution in [2.45, 2.75) is 0 Å².